The third-order valence-corrected chi connectivity index (χ3v) is 3.79. The minimum atomic E-state index is -0.396. The van der Waals surface area contributed by atoms with Crippen molar-refractivity contribution in [1.82, 2.24) is 30.0 Å². The van der Waals surface area contributed by atoms with Crippen molar-refractivity contribution in [3.8, 4) is 0 Å². The van der Waals surface area contributed by atoms with Gasteiger partial charge >= 0.3 is 0 Å². The lowest BCUT2D eigenvalue weighted by Gasteiger charge is -2.17. The predicted octanol–water partition coefficient (Wildman–Crippen LogP) is 2.20. The number of hydrogen-bond donors (Lipinski definition) is 0. The fourth-order valence-corrected chi connectivity index (χ4v) is 2.75. The van der Waals surface area contributed by atoms with Crippen molar-refractivity contribution in [3.63, 3.8) is 0 Å². The Hall–Kier alpha value is -3.09. The molecule has 4 rings (SSSR count). The summed E-state index contributed by atoms with van der Waals surface area (Å²) in [6, 6.07) is 15.3. The van der Waals surface area contributed by atoms with E-state index in [2.05, 4.69) is 20.6 Å². The van der Waals surface area contributed by atoms with Crippen LogP contribution >= 0.6 is 0 Å². The van der Waals surface area contributed by atoms with Gasteiger partial charge in [-0.15, -0.1) is 10.2 Å². The van der Waals surface area contributed by atoms with Crippen LogP contribution in [0.3, 0.4) is 0 Å². The average Bonchev–Trinajstić information content (AvgIpc) is 3.17. The number of benzene rings is 2. The third kappa shape index (κ3) is 2.26. The second kappa shape index (κ2) is 5.28. The van der Waals surface area contributed by atoms with Crippen molar-refractivity contribution in [3.05, 3.63) is 48.5 Å². The summed E-state index contributed by atoms with van der Waals surface area (Å²) in [6.07, 6.45) is -0.131. The van der Waals surface area contributed by atoms with Crippen molar-refractivity contribution in [2.45, 2.75) is 19.5 Å². The van der Waals surface area contributed by atoms with Crippen LogP contribution in [0, 0.1) is 0 Å². The molecule has 0 saturated carbocycles. The number of para-hydroxylation sites is 2. The van der Waals surface area contributed by atoms with Gasteiger partial charge in [-0.25, -0.2) is 9.36 Å². The second-order valence-corrected chi connectivity index (χ2v) is 5.43. The Balaban J connectivity index is 1.92. The number of carbonyl (C=O) groups excluding carboxylic acids is 1. The lowest BCUT2D eigenvalue weighted by molar-refractivity contribution is -0.118. The van der Waals surface area contributed by atoms with Gasteiger partial charge < -0.3 is 0 Å². The van der Waals surface area contributed by atoms with Gasteiger partial charge in [-0.1, -0.05) is 34.7 Å². The molecule has 114 valence electrons. The van der Waals surface area contributed by atoms with Crippen LogP contribution in [0.25, 0.3) is 22.1 Å². The molecule has 0 amide bonds. The zero-order valence-corrected chi connectivity index (χ0v) is 12.5. The van der Waals surface area contributed by atoms with Gasteiger partial charge in [0.15, 0.2) is 6.17 Å². The van der Waals surface area contributed by atoms with Gasteiger partial charge in [0.25, 0.3) is 0 Å². The highest BCUT2D eigenvalue weighted by Gasteiger charge is 2.22. The molecular formula is C16H14N6O. The average molecular weight is 306 g/mol. The Morgan fingerprint density at radius 3 is 1.87 bits per heavy atom. The van der Waals surface area contributed by atoms with Crippen LogP contribution in [0.15, 0.2) is 48.5 Å². The lowest BCUT2D eigenvalue weighted by Crippen LogP contribution is -2.23. The van der Waals surface area contributed by atoms with Crippen molar-refractivity contribution < 1.29 is 4.79 Å². The molecule has 0 N–H and O–H groups in total. The molecule has 0 bridgehead atoms. The van der Waals surface area contributed by atoms with Crippen LogP contribution < -0.4 is 0 Å². The molecular weight excluding hydrogens is 292 g/mol. The summed E-state index contributed by atoms with van der Waals surface area (Å²) in [5.74, 6) is 0.0502. The van der Waals surface area contributed by atoms with E-state index in [1.54, 1.807) is 16.3 Å². The van der Waals surface area contributed by atoms with E-state index in [-0.39, 0.29) is 12.2 Å². The van der Waals surface area contributed by atoms with Crippen molar-refractivity contribution in [2.24, 2.45) is 0 Å². The first-order valence-electron chi connectivity index (χ1n) is 7.33. The number of hydrogen-bond acceptors (Lipinski definition) is 5. The van der Waals surface area contributed by atoms with E-state index in [0.29, 0.717) is 0 Å². The Morgan fingerprint density at radius 2 is 1.39 bits per heavy atom. The Kier molecular flexibility index (Phi) is 3.11. The molecule has 7 nitrogen and oxygen atoms in total. The van der Waals surface area contributed by atoms with E-state index in [9.17, 15) is 4.79 Å². The first kappa shape index (κ1) is 13.6. The quantitative estimate of drug-likeness (QED) is 0.577. The molecule has 0 saturated heterocycles. The van der Waals surface area contributed by atoms with Crippen LogP contribution in [0.5, 0.6) is 0 Å². The molecule has 2 aromatic carbocycles. The Bertz CT molecular complexity index is 928. The Labute approximate surface area is 131 Å². The standard InChI is InChI=1S/C16H14N6O/c1-11(23)10-16(21-14-8-4-2-6-12(14)17-19-21)22-15-9-5-3-7-13(15)18-20-22/h2-9,16H,10H2,1H3. The van der Waals surface area contributed by atoms with Gasteiger partial charge in [0.05, 0.1) is 11.0 Å². The minimum Gasteiger partial charge on any atom is -0.300 e. The molecule has 2 heterocycles. The minimum absolute atomic E-state index is 0.0502. The highest BCUT2D eigenvalue weighted by atomic mass is 16.1. The molecule has 0 aliphatic rings. The van der Waals surface area contributed by atoms with Gasteiger partial charge in [-0.3, -0.25) is 4.79 Å². The summed E-state index contributed by atoms with van der Waals surface area (Å²) in [5.41, 5.74) is 3.28. The second-order valence-electron chi connectivity index (χ2n) is 5.43. The molecule has 0 spiro atoms. The van der Waals surface area contributed by atoms with Crippen LogP contribution in [-0.2, 0) is 4.79 Å². The van der Waals surface area contributed by atoms with Gasteiger partial charge in [0.1, 0.15) is 16.8 Å². The van der Waals surface area contributed by atoms with E-state index in [1.807, 2.05) is 48.5 Å². The van der Waals surface area contributed by atoms with Gasteiger partial charge in [-0.05, 0) is 31.2 Å². The maximum Gasteiger partial charge on any atom is 0.155 e. The Morgan fingerprint density at radius 1 is 0.913 bits per heavy atom. The van der Waals surface area contributed by atoms with Gasteiger partial charge in [0, 0.05) is 6.42 Å². The fraction of sp³-hybridized carbons (Fsp3) is 0.188. The summed E-state index contributed by atoms with van der Waals surface area (Å²) in [7, 11) is 0. The number of rotatable bonds is 4. The molecule has 0 aliphatic heterocycles. The molecule has 0 atom stereocenters. The topological polar surface area (TPSA) is 78.5 Å². The number of Topliss-reactive ketones (excluding diaryl/α,β-unsaturated/α-hetero) is 1. The number of aromatic nitrogens is 6. The molecule has 0 radical (unpaired) electrons. The number of ketones is 1. The first-order valence-corrected chi connectivity index (χ1v) is 7.33. The van der Waals surface area contributed by atoms with E-state index >= 15 is 0 Å². The van der Waals surface area contributed by atoms with Crippen LogP contribution in [0.1, 0.15) is 19.5 Å². The summed E-state index contributed by atoms with van der Waals surface area (Å²) in [6.45, 7) is 1.56. The normalized spacial score (nSPS) is 11.6. The van der Waals surface area contributed by atoms with E-state index in [0.717, 1.165) is 22.1 Å². The maximum absolute atomic E-state index is 11.8. The molecule has 0 unspecified atom stereocenters. The number of carbonyl (C=O) groups is 1. The number of nitrogens with zero attached hydrogens (tertiary/aromatic N) is 6. The fourth-order valence-electron chi connectivity index (χ4n) is 2.75. The van der Waals surface area contributed by atoms with E-state index < -0.39 is 6.17 Å². The summed E-state index contributed by atoms with van der Waals surface area (Å²) < 4.78 is 3.47. The van der Waals surface area contributed by atoms with Crippen LogP contribution in [0.4, 0.5) is 0 Å². The van der Waals surface area contributed by atoms with Crippen molar-refractivity contribution in [2.75, 3.05) is 0 Å². The van der Waals surface area contributed by atoms with Crippen molar-refractivity contribution in [1.29, 1.82) is 0 Å². The van der Waals surface area contributed by atoms with Crippen LogP contribution in [-0.4, -0.2) is 35.8 Å². The predicted molar refractivity (Wildman–Crippen MR) is 84.8 cm³/mol. The molecule has 7 heteroatoms. The maximum atomic E-state index is 11.8. The number of fused-ring (bicyclic) bond motifs is 2. The third-order valence-electron chi connectivity index (χ3n) is 3.79. The summed E-state index contributed by atoms with van der Waals surface area (Å²) in [4.78, 5) is 11.8. The monoisotopic (exact) mass is 306 g/mol. The SMILES string of the molecule is CC(=O)CC(n1nnc2ccccc21)n1nnc2ccccc21. The van der Waals surface area contributed by atoms with E-state index in [1.165, 1.54) is 0 Å². The van der Waals surface area contributed by atoms with Crippen LogP contribution in [0.2, 0.25) is 0 Å². The summed E-state index contributed by atoms with van der Waals surface area (Å²) >= 11 is 0. The van der Waals surface area contributed by atoms with Gasteiger partial charge in [0.2, 0.25) is 0 Å². The first-order chi connectivity index (χ1) is 11.2. The largest absolute Gasteiger partial charge is 0.300 e. The highest BCUT2D eigenvalue weighted by molar-refractivity contribution is 5.78. The zero-order valence-electron chi connectivity index (χ0n) is 12.5. The zero-order chi connectivity index (χ0) is 15.8. The molecule has 4 aromatic rings. The molecule has 2 aromatic heterocycles. The van der Waals surface area contributed by atoms with E-state index in [4.69, 9.17) is 0 Å². The van der Waals surface area contributed by atoms with Crippen molar-refractivity contribution >= 4 is 27.9 Å². The highest BCUT2D eigenvalue weighted by Crippen LogP contribution is 2.23. The smallest absolute Gasteiger partial charge is 0.155 e. The molecule has 23 heavy (non-hydrogen) atoms. The lowest BCUT2D eigenvalue weighted by atomic mass is 10.2. The molecule has 0 aliphatic carbocycles. The molecule has 0 fully saturated rings. The van der Waals surface area contributed by atoms with Gasteiger partial charge in [-0.2, -0.15) is 0 Å². The summed E-state index contributed by atoms with van der Waals surface area (Å²) in [5, 5.41) is 16.8.